The molecule has 0 aliphatic carbocycles. The Bertz CT molecular complexity index is 514. The summed E-state index contributed by atoms with van der Waals surface area (Å²) in [6, 6.07) is 6.70. The highest BCUT2D eigenvalue weighted by Crippen LogP contribution is 2.23. The van der Waals surface area contributed by atoms with Gasteiger partial charge in [0, 0.05) is 18.0 Å². The fourth-order valence-corrected chi connectivity index (χ4v) is 2.65. The zero-order valence-electron chi connectivity index (χ0n) is 11.8. The Labute approximate surface area is 123 Å². The maximum absolute atomic E-state index is 12.1. The smallest absolute Gasteiger partial charge is 0.336 e. The highest BCUT2D eigenvalue weighted by Gasteiger charge is 2.15. The van der Waals surface area contributed by atoms with Gasteiger partial charge in [-0.25, -0.2) is 4.79 Å². The molecule has 0 aliphatic rings. The van der Waals surface area contributed by atoms with Gasteiger partial charge in [0.05, 0.1) is 11.3 Å². The molecule has 0 saturated carbocycles. The normalized spacial score (nSPS) is 10.1. The van der Waals surface area contributed by atoms with Crippen molar-refractivity contribution in [2.24, 2.45) is 0 Å². The summed E-state index contributed by atoms with van der Waals surface area (Å²) in [5.74, 6) is -0.763. The monoisotopic (exact) mass is 293 g/mol. The number of aromatic carboxylic acids is 1. The quantitative estimate of drug-likeness (QED) is 0.620. The van der Waals surface area contributed by atoms with Crippen LogP contribution < -0.4 is 0 Å². The van der Waals surface area contributed by atoms with Crippen LogP contribution in [-0.4, -0.2) is 40.7 Å². The maximum Gasteiger partial charge on any atom is 0.336 e. The molecular weight excluding hydrogens is 274 g/mol. The van der Waals surface area contributed by atoms with Gasteiger partial charge in [0.15, 0.2) is 0 Å². The van der Waals surface area contributed by atoms with Gasteiger partial charge < -0.3 is 10.0 Å². The molecule has 0 aromatic heterocycles. The van der Waals surface area contributed by atoms with Crippen LogP contribution in [0.1, 0.15) is 24.2 Å². The van der Waals surface area contributed by atoms with Crippen LogP contribution in [0.25, 0.3) is 0 Å². The number of carbonyl (C=O) groups excluding carboxylic acids is 1. The van der Waals surface area contributed by atoms with E-state index in [2.05, 4.69) is 6.58 Å². The minimum atomic E-state index is -0.977. The molecule has 108 valence electrons. The van der Waals surface area contributed by atoms with E-state index in [-0.39, 0.29) is 17.2 Å². The lowest BCUT2D eigenvalue weighted by atomic mass is 10.2. The summed E-state index contributed by atoms with van der Waals surface area (Å²) in [5, 5.41) is 9.08. The van der Waals surface area contributed by atoms with Gasteiger partial charge >= 0.3 is 5.97 Å². The van der Waals surface area contributed by atoms with Crippen molar-refractivity contribution in [2.75, 3.05) is 18.8 Å². The number of hydrogen-bond acceptors (Lipinski definition) is 3. The van der Waals surface area contributed by atoms with Gasteiger partial charge in [0.25, 0.3) is 0 Å². The molecule has 1 amide bonds. The molecule has 0 atom stereocenters. The van der Waals surface area contributed by atoms with E-state index in [0.29, 0.717) is 18.0 Å². The van der Waals surface area contributed by atoms with Crippen molar-refractivity contribution in [1.29, 1.82) is 0 Å². The standard InChI is InChI=1S/C15H19NO3S/c1-4-16(9-11(2)3)14(17)10-20-13-8-6-5-7-12(13)15(18)19/h5-8H,2,4,9-10H2,1,3H3,(H,18,19). The highest BCUT2D eigenvalue weighted by atomic mass is 32.2. The average molecular weight is 293 g/mol. The average Bonchev–Trinajstić information content (AvgIpc) is 2.42. The number of likely N-dealkylation sites (N-methyl/N-ethyl adjacent to an activating group) is 1. The lowest BCUT2D eigenvalue weighted by Gasteiger charge is -2.20. The van der Waals surface area contributed by atoms with E-state index in [1.165, 1.54) is 11.8 Å². The molecule has 0 heterocycles. The van der Waals surface area contributed by atoms with E-state index in [0.717, 1.165) is 5.57 Å². The first-order chi connectivity index (χ1) is 9.45. The number of nitrogens with zero attached hydrogens (tertiary/aromatic N) is 1. The van der Waals surface area contributed by atoms with Crippen LogP contribution in [-0.2, 0) is 4.79 Å². The van der Waals surface area contributed by atoms with Gasteiger partial charge in [0.2, 0.25) is 5.91 Å². The Morgan fingerprint density at radius 1 is 1.35 bits per heavy atom. The van der Waals surface area contributed by atoms with Crippen LogP contribution in [0, 0.1) is 0 Å². The highest BCUT2D eigenvalue weighted by molar-refractivity contribution is 8.00. The van der Waals surface area contributed by atoms with Crippen LogP contribution in [0.2, 0.25) is 0 Å². The molecule has 0 spiro atoms. The van der Waals surface area contributed by atoms with Gasteiger partial charge in [-0.3, -0.25) is 4.79 Å². The summed E-state index contributed by atoms with van der Waals surface area (Å²) in [4.78, 5) is 25.5. The SMILES string of the molecule is C=C(C)CN(CC)C(=O)CSc1ccccc1C(=O)O. The Kier molecular flexibility index (Phi) is 6.31. The van der Waals surface area contributed by atoms with Crippen molar-refractivity contribution in [3.63, 3.8) is 0 Å². The Balaban J connectivity index is 2.69. The summed E-state index contributed by atoms with van der Waals surface area (Å²) < 4.78 is 0. The molecule has 1 rings (SSSR count). The van der Waals surface area contributed by atoms with E-state index >= 15 is 0 Å². The minimum Gasteiger partial charge on any atom is -0.478 e. The van der Waals surface area contributed by atoms with E-state index < -0.39 is 5.97 Å². The number of rotatable bonds is 7. The molecule has 0 radical (unpaired) electrons. The molecule has 1 aromatic carbocycles. The summed E-state index contributed by atoms with van der Waals surface area (Å²) in [6.45, 7) is 8.75. The van der Waals surface area contributed by atoms with Crippen molar-refractivity contribution >= 4 is 23.6 Å². The number of benzene rings is 1. The van der Waals surface area contributed by atoms with Crippen LogP contribution in [0.4, 0.5) is 0 Å². The second kappa shape index (κ2) is 7.75. The fraction of sp³-hybridized carbons (Fsp3) is 0.333. The van der Waals surface area contributed by atoms with Crippen molar-refractivity contribution < 1.29 is 14.7 Å². The van der Waals surface area contributed by atoms with Gasteiger partial charge in [-0.05, 0) is 26.0 Å². The van der Waals surface area contributed by atoms with E-state index in [1.54, 1.807) is 29.2 Å². The van der Waals surface area contributed by atoms with Gasteiger partial charge in [-0.15, -0.1) is 11.8 Å². The van der Waals surface area contributed by atoms with Gasteiger partial charge in [-0.1, -0.05) is 24.3 Å². The molecule has 1 N–H and O–H groups in total. The van der Waals surface area contributed by atoms with Crippen LogP contribution in [0.15, 0.2) is 41.3 Å². The van der Waals surface area contributed by atoms with Crippen molar-refractivity contribution in [1.82, 2.24) is 4.90 Å². The molecule has 5 heteroatoms. The minimum absolute atomic E-state index is 0.0132. The third-order valence-electron chi connectivity index (χ3n) is 2.66. The number of carboxylic acids is 1. The molecule has 0 unspecified atom stereocenters. The second-order valence-corrected chi connectivity index (χ2v) is 5.47. The number of hydrogen-bond donors (Lipinski definition) is 1. The number of carbonyl (C=O) groups is 2. The van der Waals surface area contributed by atoms with Crippen LogP contribution in [0.5, 0.6) is 0 Å². The van der Waals surface area contributed by atoms with Gasteiger partial charge in [-0.2, -0.15) is 0 Å². The van der Waals surface area contributed by atoms with Crippen LogP contribution >= 0.6 is 11.8 Å². The lowest BCUT2D eigenvalue weighted by Crippen LogP contribution is -2.33. The number of amides is 1. The van der Waals surface area contributed by atoms with Crippen LogP contribution in [0.3, 0.4) is 0 Å². The fourth-order valence-electron chi connectivity index (χ4n) is 1.70. The summed E-state index contributed by atoms with van der Waals surface area (Å²) >= 11 is 1.25. The molecule has 0 saturated heterocycles. The van der Waals surface area contributed by atoms with Crippen molar-refractivity contribution in [3.05, 3.63) is 42.0 Å². The first-order valence-electron chi connectivity index (χ1n) is 6.33. The molecule has 20 heavy (non-hydrogen) atoms. The number of thioether (sulfide) groups is 1. The van der Waals surface area contributed by atoms with E-state index in [4.69, 9.17) is 5.11 Å². The van der Waals surface area contributed by atoms with E-state index in [1.807, 2.05) is 13.8 Å². The zero-order valence-corrected chi connectivity index (χ0v) is 12.6. The Hall–Kier alpha value is -1.75. The molecule has 1 aromatic rings. The van der Waals surface area contributed by atoms with Crippen molar-refractivity contribution in [3.8, 4) is 0 Å². The summed E-state index contributed by atoms with van der Waals surface area (Å²) in [6.07, 6.45) is 0. The van der Waals surface area contributed by atoms with Crippen molar-refractivity contribution in [2.45, 2.75) is 18.7 Å². The largest absolute Gasteiger partial charge is 0.478 e. The van der Waals surface area contributed by atoms with E-state index in [9.17, 15) is 9.59 Å². The Morgan fingerprint density at radius 3 is 2.55 bits per heavy atom. The van der Waals surface area contributed by atoms with Gasteiger partial charge in [0.1, 0.15) is 0 Å². The molecule has 0 fully saturated rings. The maximum atomic E-state index is 12.1. The third-order valence-corrected chi connectivity index (χ3v) is 3.72. The summed E-state index contributed by atoms with van der Waals surface area (Å²) in [7, 11) is 0. The third kappa shape index (κ3) is 4.74. The molecule has 0 aliphatic heterocycles. The lowest BCUT2D eigenvalue weighted by molar-refractivity contribution is -0.127. The molecule has 4 nitrogen and oxygen atoms in total. The zero-order chi connectivity index (χ0) is 15.1. The number of carboxylic acid groups (broad SMARTS) is 1. The first kappa shape index (κ1) is 16.3. The summed E-state index contributed by atoms with van der Waals surface area (Å²) in [5.41, 5.74) is 1.16. The topological polar surface area (TPSA) is 57.6 Å². The second-order valence-electron chi connectivity index (χ2n) is 4.46. The molecular formula is C15H19NO3S. The first-order valence-corrected chi connectivity index (χ1v) is 7.31. The molecule has 0 bridgehead atoms. The Morgan fingerprint density at radius 2 is 2.00 bits per heavy atom. The predicted molar refractivity (Wildman–Crippen MR) is 81.2 cm³/mol. The predicted octanol–water partition coefficient (Wildman–Crippen LogP) is 2.90.